The fraction of sp³-hybridized carbons (Fsp3) is 1.00. The SMILES string of the molecule is CCCCCCCCCCC.O.O. The van der Waals surface area contributed by atoms with Gasteiger partial charge in [0, 0.05) is 0 Å². The molecule has 0 aliphatic carbocycles. The molecule has 4 N–H and O–H groups in total. The first-order valence-electron chi connectivity index (χ1n) is 5.41. The van der Waals surface area contributed by atoms with Gasteiger partial charge in [-0.2, -0.15) is 0 Å². The van der Waals surface area contributed by atoms with Gasteiger partial charge in [0.1, 0.15) is 0 Å². The smallest absolute Gasteiger partial charge is 0.0533 e. The van der Waals surface area contributed by atoms with Crippen LogP contribution in [0, 0.1) is 0 Å². The number of unbranched alkanes of at least 4 members (excludes halogenated alkanes) is 8. The summed E-state index contributed by atoms with van der Waals surface area (Å²) < 4.78 is 0. The molecule has 84 valence electrons. The molecular weight excluding hydrogens is 164 g/mol. The van der Waals surface area contributed by atoms with E-state index < -0.39 is 0 Å². The van der Waals surface area contributed by atoms with Gasteiger partial charge in [-0.3, -0.25) is 0 Å². The van der Waals surface area contributed by atoms with E-state index in [4.69, 9.17) is 0 Å². The highest BCUT2D eigenvalue weighted by atomic mass is 16.0. The molecule has 0 aliphatic heterocycles. The second-order valence-electron chi connectivity index (χ2n) is 3.47. The van der Waals surface area contributed by atoms with E-state index in [0.717, 1.165) is 0 Å². The standard InChI is InChI=1S/C11H24.2H2O/c1-3-5-7-9-11-10-8-6-4-2;;/h3-11H2,1-2H3;2*1H2. The minimum atomic E-state index is 0. The largest absolute Gasteiger partial charge is 0.412 e. The highest BCUT2D eigenvalue weighted by molar-refractivity contribution is 4.44. The highest BCUT2D eigenvalue weighted by Gasteiger charge is 1.88. The molecule has 0 spiro atoms. The van der Waals surface area contributed by atoms with Gasteiger partial charge in [0.2, 0.25) is 0 Å². The predicted octanol–water partition coefficient (Wildman–Crippen LogP) is 2.89. The van der Waals surface area contributed by atoms with Crippen molar-refractivity contribution in [2.75, 3.05) is 0 Å². The van der Waals surface area contributed by atoms with Crippen molar-refractivity contribution in [3.8, 4) is 0 Å². The maximum absolute atomic E-state index is 2.27. The van der Waals surface area contributed by atoms with Gasteiger partial charge in [0.25, 0.3) is 0 Å². The molecular formula is C11H28O2. The van der Waals surface area contributed by atoms with E-state index in [2.05, 4.69) is 13.8 Å². The lowest BCUT2D eigenvalue weighted by molar-refractivity contribution is 0.572. The van der Waals surface area contributed by atoms with Crippen LogP contribution in [0.3, 0.4) is 0 Å². The summed E-state index contributed by atoms with van der Waals surface area (Å²) in [6.07, 6.45) is 13.0. The van der Waals surface area contributed by atoms with Crippen molar-refractivity contribution in [3.63, 3.8) is 0 Å². The van der Waals surface area contributed by atoms with Gasteiger partial charge < -0.3 is 11.0 Å². The van der Waals surface area contributed by atoms with Crippen LogP contribution in [-0.2, 0) is 0 Å². The average Bonchev–Trinajstić information content (AvgIpc) is 2.03. The Morgan fingerprint density at radius 3 is 0.923 bits per heavy atom. The van der Waals surface area contributed by atoms with E-state index in [1.165, 1.54) is 57.8 Å². The third-order valence-electron chi connectivity index (χ3n) is 2.21. The Bertz CT molecular complexity index is 57.1. The quantitative estimate of drug-likeness (QED) is 0.531. The second-order valence-corrected chi connectivity index (χ2v) is 3.47. The lowest BCUT2D eigenvalue weighted by atomic mass is 10.1. The lowest BCUT2D eigenvalue weighted by Gasteiger charge is -1.98. The Labute approximate surface area is 83.4 Å². The zero-order valence-corrected chi connectivity index (χ0v) is 9.36. The van der Waals surface area contributed by atoms with Crippen LogP contribution in [-0.4, -0.2) is 11.0 Å². The minimum absolute atomic E-state index is 0. The predicted molar refractivity (Wildman–Crippen MR) is 60.1 cm³/mol. The van der Waals surface area contributed by atoms with Gasteiger partial charge in [-0.15, -0.1) is 0 Å². The molecule has 2 heteroatoms. The van der Waals surface area contributed by atoms with Crippen LogP contribution in [0.5, 0.6) is 0 Å². The summed E-state index contributed by atoms with van der Waals surface area (Å²) in [5.74, 6) is 0. The summed E-state index contributed by atoms with van der Waals surface area (Å²) in [5.41, 5.74) is 0. The molecule has 2 nitrogen and oxygen atoms in total. The van der Waals surface area contributed by atoms with Crippen LogP contribution in [0.4, 0.5) is 0 Å². The second kappa shape index (κ2) is 17.9. The van der Waals surface area contributed by atoms with E-state index in [1.807, 2.05) is 0 Å². The fourth-order valence-electron chi connectivity index (χ4n) is 1.38. The minimum Gasteiger partial charge on any atom is -0.412 e. The Kier molecular flexibility index (Phi) is 25.6. The molecule has 0 atom stereocenters. The molecule has 0 aromatic heterocycles. The molecule has 0 saturated carbocycles. The zero-order chi connectivity index (χ0) is 8.36. The van der Waals surface area contributed by atoms with Crippen LogP contribution in [0.15, 0.2) is 0 Å². The molecule has 0 rings (SSSR count). The van der Waals surface area contributed by atoms with Crippen molar-refractivity contribution in [1.82, 2.24) is 0 Å². The number of rotatable bonds is 8. The summed E-state index contributed by atoms with van der Waals surface area (Å²) in [4.78, 5) is 0. The maximum atomic E-state index is 2.27. The normalized spacial score (nSPS) is 8.77. The molecule has 0 aliphatic rings. The molecule has 0 unspecified atom stereocenters. The first-order valence-corrected chi connectivity index (χ1v) is 5.41. The summed E-state index contributed by atoms with van der Waals surface area (Å²) in [6.45, 7) is 4.55. The Morgan fingerprint density at radius 2 is 0.692 bits per heavy atom. The van der Waals surface area contributed by atoms with Crippen LogP contribution in [0.25, 0.3) is 0 Å². The van der Waals surface area contributed by atoms with E-state index >= 15 is 0 Å². The number of hydrogen-bond donors (Lipinski definition) is 0. The fourth-order valence-corrected chi connectivity index (χ4v) is 1.38. The average molecular weight is 192 g/mol. The van der Waals surface area contributed by atoms with Crippen LogP contribution in [0.1, 0.15) is 71.6 Å². The maximum Gasteiger partial charge on any atom is -0.0533 e. The Morgan fingerprint density at radius 1 is 0.462 bits per heavy atom. The van der Waals surface area contributed by atoms with Gasteiger partial charge in [-0.05, 0) is 0 Å². The molecule has 0 heterocycles. The van der Waals surface area contributed by atoms with Gasteiger partial charge in [0.05, 0.1) is 0 Å². The van der Waals surface area contributed by atoms with Crippen molar-refractivity contribution >= 4 is 0 Å². The van der Waals surface area contributed by atoms with Crippen LogP contribution in [0.2, 0.25) is 0 Å². The molecule has 0 fully saturated rings. The van der Waals surface area contributed by atoms with E-state index in [0.29, 0.717) is 0 Å². The lowest BCUT2D eigenvalue weighted by Crippen LogP contribution is -1.79. The first kappa shape index (κ1) is 18.7. The molecule has 13 heavy (non-hydrogen) atoms. The Hall–Kier alpha value is -0.0800. The van der Waals surface area contributed by atoms with Crippen LogP contribution < -0.4 is 0 Å². The molecule has 0 saturated heterocycles. The van der Waals surface area contributed by atoms with Crippen molar-refractivity contribution in [1.29, 1.82) is 0 Å². The number of hydrogen-bond acceptors (Lipinski definition) is 0. The third kappa shape index (κ3) is 18.7. The highest BCUT2D eigenvalue weighted by Crippen LogP contribution is 2.08. The first-order chi connectivity index (χ1) is 5.41. The summed E-state index contributed by atoms with van der Waals surface area (Å²) in [7, 11) is 0. The third-order valence-corrected chi connectivity index (χ3v) is 2.21. The van der Waals surface area contributed by atoms with Gasteiger partial charge in [0.15, 0.2) is 0 Å². The molecule has 0 amide bonds. The monoisotopic (exact) mass is 192 g/mol. The van der Waals surface area contributed by atoms with Gasteiger partial charge >= 0.3 is 0 Å². The van der Waals surface area contributed by atoms with Crippen molar-refractivity contribution in [3.05, 3.63) is 0 Å². The topological polar surface area (TPSA) is 63.0 Å². The van der Waals surface area contributed by atoms with Crippen LogP contribution >= 0.6 is 0 Å². The summed E-state index contributed by atoms with van der Waals surface area (Å²) in [5, 5.41) is 0. The van der Waals surface area contributed by atoms with Crippen molar-refractivity contribution in [2.45, 2.75) is 71.6 Å². The molecule has 0 bridgehead atoms. The summed E-state index contributed by atoms with van der Waals surface area (Å²) >= 11 is 0. The van der Waals surface area contributed by atoms with Crippen molar-refractivity contribution in [2.24, 2.45) is 0 Å². The molecule has 0 aromatic rings. The van der Waals surface area contributed by atoms with E-state index in [9.17, 15) is 0 Å². The summed E-state index contributed by atoms with van der Waals surface area (Å²) in [6, 6.07) is 0. The van der Waals surface area contributed by atoms with E-state index in [-0.39, 0.29) is 11.0 Å². The Balaban J connectivity index is -0.000000500. The van der Waals surface area contributed by atoms with Gasteiger partial charge in [-0.25, -0.2) is 0 Å². The van der Waals surface area contributed by atoms with E-state index in [1.54, 1.807) is 0 Å². The molecule has 0 aromatic carbocycles. The molecule has 0 radical (unpaired) electrons. The van der Waals surface area contributed by atoms with Gasteiger partial charge in [-0.1, -0.05) is 71.6 Å². The van der Waals surface area contributed by atoms with Crippen molar-refractivity contribution < 1.29 is 11.0 Å². The zero-order valence-electron chi connectivity index (χ0n) is 9.36.